The molecule has 1 radical (unpaired) electrons. The summed E-state index contributed by atoms with van der Waals surface area (Å²) >= 11 is 4.68. The van der Waals surface area contributed by atoms with E-state index in [4.69, 9.17) is 9.47 Å². The Balaban J connectivity index is 1.82. The van der Waals surface area contributed by atoms with Gasteiger partial charge in [-0.05, 0) is 6.07 Å². The van der Waals surface area contributed by atoms with E-state index >= 15 is 0 Å². The predicted octanol–water partition coefficient (Wildman–Crippen LogP) is 2.85. The fraction of sp³-hybridized carbons (Fsp3) is 0.400. The topological polar surface area (TPSA) is 24.9 Å². The zero-order valence-corrected chi connectivity index (χ0v) is 17.2. The average molecular weight is 531 g/mol. The number of fused-ring (bicyclic) bond motifs is 2. The fourth-order valence-electron chi connectivity index (χ4n) is 2.30. The van der Waals surface area contributed by atoms with Crippen LogP contribution in [0.1, 0.15) is 11.1 Å². The molecule has 1 aromatic carbocycles. The maximum atomic E-state index is 5.85. The lowest BCUT2D eigenvalue weighted by atomic mass is 10.0. The molecule has 10 heteroatoms. The molecule has 2 heterocycles. The number of halogens is 2. The van der Waals surface area contributed by atoms with Crippen molar-refractivity contribution in [3.63, 3.8) is 0 Å². The van der Waals surface area contributed by atoms with E-state index in [1.165, 1.54) is 11.1 Å². The Kier molecular flexibility index (Phi) is 5.76. The lowest BCUT2D eigenvalue weighted by molar-refractivity contribution is 0.160. The van der Waals surface area contributed by atoms with Gasteiger partial charge in [0.15, 0.2) is 0 Å². The van der Waals surface area contributed by atoms with Gasteiger partial charge in [-0.15, -0.1) is 53.9 Å². The van der Waals surface area contributed by atoms with Gasteiger partial charge in [-0.1, -0.05) is 8.61 Å². The minimum Gasteiger partial charge on any atom is -0.479 e. The number of nitrogens with zero attached hydrogens (tertiary/aromatic N) is 2. The van der Waals surface area contributed by atoms with Gasteiger partial charge in [0.1, 0.15) is 25.0 Å². The van der Waals surface area contributed by atoms with Crippen LogP contribution in [0.15, 0.2) is 12.1 Å². The lowest BCUT2D eigenvalue weighted by Crippen LogP contribution is -2.37. The van der Waals surface area contributed by atoms with E-state index in [-0.39, 0.29) is 0 Å². The van der Waals surface area contributed by atoms with Crippen molar-refractivity contribution in [1.29, 1.82) is 0 Å². The normalized spacial score (nSPS) is 19.1. The quantitative estimate of drug-likeness (QED) is 0.341. The molecule has 20 heavy (non-hydrogen) atoms. The first-order valence-corrected chi connectivity index (χ1v) is 10.3. The molecule has 2 aliphatic heterocycles. The van der Waals surface area contributed by atoms with Crippen LogP contribution in [0.2, 0.25) is 0 Å². The highest BCUT2D eigenvalue weighted by atomic mass is 127. The van der Waals surface area contributed by atoms with E-state index in [1.54, 1.807) is 0 Å². The number of hydrogen-bond acceptors (Lipinski definition) is 4. The van der Waals surface area contributed by atoms with Gasteiger partial charge in [0, 0.05) is 30.3 Å². The van der Waals surface area contributed by atoms with Crippen LogP contribution in [0.3, 0.4) is 0 Å². The van der Waals surface area contributed by atoms with Crippen LogP contribution in [0.5, 0.6) is 11.5 Å². The van der Waals surface area contributed by atoms with Gasteiger partial charge in [0.25, 0.3) is 0 Å². The van der Waals surface area contributed by atoms with Gasteiger partial charge in [-0.3, -0.25) is 9.48 Å². The molecule has 105 valence electrons. The first-order valence-electron chi connectivity index (χ1n) is 6.15. The molecular weight excluding hydrogens is 518 g/mol. The first kappa shape index (κ1) is 16.1. The molecule has 0 bridgehead atoms. The first-order chi connectivity index (χ1) is 9.67. The molecule has 0 aliphatic carbocycles. The third-order valence-electron chi connectivity index (χ3n) is 3.32. The Morgan fingerprint density at radius 3 is 2.60 bits per heavy atom. The molecule has 2 unspecified atom stereocenters. The molecule has 0 aromatic heterocycles. The number of ether oxygens (including phenoxy) is 2. The largest absolute Gasteiger partial charge is 0.479 e. The summed E-state index contributed by atoms with van der Waals surface area (Å²) in [5.41, 5.74) is 2.52. The summed E-state index contributed by atoms with van der Waals surface area (Å²) in [6, 6.07) is 4.30. The number of rotatable bonds is 3. The van der Waals surface area contributed by atoms with Crippen molar-refractivity contribution in [2.75, 3.05) is 13.5 Å². The average Bonchev–Trinajstić information content (AvgIpc) is 2.44. The molecule has 3 rings (SSSR count). The summed E-state index contributed by atoms with van der Waals surface area (Å²) in [5, 5.41) is 0. The Hall–Kier alpha value is 1.19. The van der Waals surface area contributed by atoms with Crippen molar-refractivity contribution in [1.82, 2.24) is 9.48 Å². The van der Waals surface area contributed by atoms with Gasteiger partial charge >= 0.3 is 4.42 Å². The minimum absolute atomic E-state index is 0.389. The van der Waals surface area contributed by atoms with Crippen molar-refractivity contribution >= 4 is 71.8 Å². The third-order valence-corrected chi connectivity index (χ3v) is 6.12. The highest BCUT2D eigenvalue weighted by Gasteiger charge is 2.26. The van der Waals surface area contributed by atoms with Crippen LogP contribution in [0.4, 0.5) is 0 Å². The van der Waals surface area contributed by atoms with Crippen molar-refractivity contribution in [3.8, 4) is 11.5 Å². The molecule has 0 saturated carbocycles. The van der Waals surface area contributed by atoms with Crippen molar-refractivity contribution in [2.45, 2.75) is 13.1 Å². The second-order valence-electron chi connectivity index (χ2n) is 4.67. The van der Waals surface area contributed by atoms with E-state index in [9.17, 15) is 0 Å². The summed E-state index contributed by atoms with van der Waals surface area (Å²) in [4.78, 5) is 4.44. The molecule has 2 aliphatic rings. The van der Waals surface area contributed by atoms with Crippen molar-refractivity contribution in [3.05, 3.63) is 23.3 Å². The SMILES string of the molecule is PB(I)N1COc2cc3c(cc2C1)CN(P[B]I)CO3. The van der Waals surface area contributed by atoms with Gasteiger partial charge in [-0.25, -0.2) is 0 Å². The highest BCUT2D eigenvalue weighted by molar-refractivity contribution is 14.1. The molecule has 0 amide bonds. The second kappa shape index (κ2) is 7.18. The summed E-state index contributed by atoms with van der Waals surface area (Å²) in [6.07, 6.45) is 0. The van der Waals surface area contributed by atoms with Crippen molar-refractivity contribution < 1.29 is 9.47 Å². The van der Waals surface area contributed by atoms with Crippen molar-refractivity contribution in [2.24, 2.45) is 0 Å². The van der Waals surface area contributed by atoms with Crippen LogP contribution in [0, 0.1) is 0 Å². The molecular formula is C10H13B2I2N2O2P2. The number of benzene rings is 1. The van der Waals surface area contributed by atoms with E-state index in [0.717, 1.165) is 24.6 Å². The van der Waals surface area contributed by atoms with Crippen LogP contribution in [-0.2, 0) is 13.1 Å². The molecule has 0 spiro atoms. The third kappa shape index (κ3) is 3.57. The van der Waals surface area contributed by atoms with Crippen LogP contribution < -0.4 is 9.47 Å². The number of hydrogen-bond donors (Lipinski definition) is 0. The van der Waals surface area contributed by atoms with E-state index < -0.39 is 0 Å². The Morgan fingerprint density at radius 2 is 1.90 bits per heavy atom. The molecule has 2 atom stereocenters. The van der Waals surface area contributed by atoms with Gasteiger partial charge in [0.2, 0.25) is 4.86 Å². The fourth-order valence-corrected chi connectivity index (χ4v) is 4.57. The molecule has 0 saturated heterocycles. The Morgan fingerprint density at radius 1 is 1.20 bits per heavy atom. The van der Waals surface area contributed by atoms with Crippen LogP contribution in [0.25, 0.3) is 0 Å². The van der Waals surface area contributed by atoms with Crippen LogP contribution in [-0.4, -0.2) is 32.2 Å². The highest BCUT2D eigenvalue weighted by Crippen LogP contribution is 2.38. The molecule has 1 aromatic rings. The zero-order chi connectivity index (χ0) is 14.1. The van der Waals surface area contributed by atoms with Gasteiger partial charge < -0.3 is 9.47 Å². The zero-order valence-electron chi connectivity index (χ0n) is 10.7. The minimum atomic E-state index is 0.389. The lowest BCUT2D eigenvalue weighted by Gasteiger charge is -2.33. The summed E-state index contributed by atoms with van der Waals surface area (Å²) in [6.45, 7) is 3.19. The van der Waals surface area contributed by atoms with E-state index in [0.29, 0.717) is 26.5 Å². The summed E-state index contributed by atoms with van der Waals surface area (Å²) in [7, 11) is 3.51. The standard InChI is InChI=1S/C10H13B2I2N2O2P2/c13-11-20-16-4-8-1-7-3-15(12(14)19)5-17-9(7)2-10(8)18-6-16/h1-2,20H,3-6,19H2. The van der Waals surface area contributed by atoms with E-state index in [1.807, 2.05) is 0 Å². The van der Waals surface area contributed by atoms with E-state index in [2.05, 4.69) is 80.3 Å². The predicted molar refractivity (Wildman–Crippen MR) is 106 cm³/mol. The maximum Gasteiger partial charge on any atom is 0.322 e. The molecule has 0 N–H and O–H groups in total. The maximum absolute atomic E-state index is 5.85. The molecule has 4 nitrogen and oxygen atoms in total. The smallest absolute Gasteiger partial charge is 0.322 e. The van der Waals surface area contributed by atoms with Gasteiger partial charge in [0.05, 0.1) is 0 Å². The summed E-state index contributed by atoms with van der Waals surface area (Å²) in [5.74, 6) is 1.95. The molecule has 0 fully saturated rings. The second-order valence-corrected chi connectivity index (χ2v) is 10.9. The van der Waals surface area contributed by atoms with Crippen LogP contribution >= 0.6 is 62.5 Å². The van der Waals surface area contributed by atoms with Gasteiger partial charge in [-0.2, -0.15) is 0 Å². The Labute approximate surface area is 151 Å². The Bertz CT molecular complexity index is 512. The monoisotopic (exact) mass is 531 g/mol. The summed E-state index contributed by atoms with van der Waals surface area (Å²) < 4.78 is 14.4.